The van der Waals surface area contributed by atoms with Gasteiger partial charge < -0.3 is 4.90 Å². The SMILES string of the molecule is CCCN(CCC)c1ccc(/C=C2/C(=O)NN(c3ccc(C)c(C)c3)C2=O)cc1. The van der Waals surface area contributed by atoms with Crippen molar-refractivity contribution in [2.75, 3.05) is 23.0 Å². The molecular formula is C24H29N3O2. The molecule has 1 saturated heterocycles. The Labute approximate surface area is 173 Å². The average molecular weight is 392 g/mol. The number of aryl methyl sites for hydroxylation is 2. The van der Waals surface area contributed by atoms with Gasteiger partial charge in [-0.2, -0.15) is 0 Å². The summed E-state index contributed by atoms with van der Waals surface area (Å²) in [6.07, 6.45) is 3.84. The van der Waals surface area contributed by atoms with E-state index < -0.39 is 0 Å². The third-order valence-corrected chi connectivity index (χ3v) is 5.20. The predicted molar refractivity (Wildman–Crippen MR) is 119 cm³/mol. The molecule has 0 spiro atoms. The van der Waals surface area contributed by atoms with Crippen LogP contribution in [0.15, 0.2) is 48.0 Å². The smallest absolute Gasteiger partial charge is 0.282 e. The van der Waals surface area contributed by atoms with E-state index in [1.54, 1.807) is 6.08 Å². The normalized spacial score (nSPS) is 15.2. The first-order chi connectivity index (χ1) is 13.9. The highest BCUT2D eigenvalue weighted by molar-refractivity contribution is 6.31. The van der Waals surface area contributed by atoms with E-state index in [4.69, 9.17) is 0 Å². The summed E-state index contributed by atoms with van der Waals surface area (Å²) in [5.41, 5.74) is 7.69. The van der Waals surface area contributed by atoms with Gasteiger partial charge in [0.05, 0.1) is 5.69 Å². The van der Waals surface area contributed by atoms with Crippen molar-refractivity contribution in [1.29, 1.82) is 0 Å². The molecule has 0 aliphatic carbocycles. The van der Waals surface area contributed by atoms with E-state index in [0.29, 0.717) is 5.69 Å². The van der Waals surface area contributed by atoms with Crippen molar-refractivity contribution >= 4 is 29.3 Å². The highest BCUT2D eigenvalue weighted by Gasteiger charge is 2.34. The molecule has 1 aliphatic heterocycles. The molecule has 0 atom stereocenters. The lowest BCUT2D eigenvalue weighted by Gasteiger charge is -2.23. The van der Waals surface area contributed by atoms with Gasteiger partial charge in [0, 0.05) is 18.8 Å². The van der Waals surface area contributed by atoms with Gasteiger partial charge in [-0.15, -0.1) is 0 Å². The summed E-state index contributed by atoms with van der Waals surface area (Å²) >= 11 is 0. The number of benzene rings is 2. The first kappa shape index (κ1) is 20.6. The van der Waals surface area contributed by atoms with Gasteiger partial charge in [-0.05, 0) is 73.7 Å². The zero-order chi connectivity index (χ0) is 21.0. The number of hydrazine groups is 1. The summed E-state index contributed by atoms with van der Waals surface area (Å²) in [6, 6.07) is 13.7. The Bertz CT molecular complexity index is 926. The average Bonchev–Trinajstić information content (AvgIpc) is 2.99. The molecule has 5 nitrogen and oxygen atoms in total. The zero-order valence-electron chi connectivity index (χ0n) is 17.7. The van der Waals surface area contributed by atoms with Gasteiger partial charge in [-0.1, -0.05) is 32.0 Å². The maximum atomic E-state index is 12.8. The van der Waals surface area contributed by atoms with Crippen molar-refractivity contribution in [1.82, 2.24) is 5.43 Å². The summed E-state index contributed by atoms with van der Waals surface area (Å²) in [5, 5.41) is 1.32. The lowest BCUT2D eigenvalue weighted by molar-refractivity contribution is -0.117. The minimum absolute atomic E-state index is 0.148. The van der Waals surface area contributed by atoms with Gasteiger partial charge in [0.25, 0.3) is 11.8 Å². The molecule has 2 aromatic rings. The Hall–Kier alpha value is -3.08. The molecule has 2 amide bonds. The second kappa shape index (κ2) is 8.95. The lowest BCUT2D eigenvalue weighted by Crippen LogP contribution is -2.35. The highest BCUT2D eigenvalue weighted by atomic mass is 16.2. The summed E-state index contributed by atoms with van der Waals surface area (Å²) < 4.78 is 0. The molecule has 1 N–H and O–H groups in total. The van der Waals surface area contributed by atoms with Crippen molar-refractivity contribution in [3.8, 4) is 0 Å². The van der Waals surface area contributed by atoms with Gasteiger partial charge in [-0.25, -0.2) is 5.01 Å². The summed E-state index contributed by atoms with van der Waals surface area (Å²) in [6.45, 7) is 10.4. The van der Waals surface area contributed by atoms with Crippen LogP contribution in [0.2, 0.25) is 0 Å². The van der Waals surface area contributed by atoms with Crippen molar-refractivity contribution in [3.63, 3.8) is 0 Å². The molecule has 0 bridgehead atoms. The van der Waals surface area contributed by atoms with Crippen LogP contribution >= 0.6 is 0 Å². The Morgan fingerprint density at radius 3 is 2.17 bits per heavy atom. The van der Waals surface area contributed by atoms with Gasteiger partial charge in [-0.3, -0.25) is 15.0 Å². The minimum atomic E-state index is -0.379. The predicted octanol–water partition coefficient (Wildman–Crippen LogP) is 4.39. The molecule has 1 heterocycles. The first-order valence-corrected chi connectivity index (χ1v) is 10.2. The number of carbonyl (C=O) groups is 2. The van der Waals surface area contributed by atoms with E-state index in [1.807, 2.05) is 44.2 Å². The van der Waals surface area contributed by atoms with E-state index in [2.05, 4.69) is 36.3 Å². The van der Waals surface area contributed by atoms with Crippen LogP contribution in [-0.4, -0.2) is 24.9 Å². The molecule has 29 heavy (non-hydrogen) atoms. The Morgan fingerprint density at radius 1 is 0.931 bits per heavy atom. The van der Waals surface area contributed by atoms with Gasteiger partial charge >= 0.3 is 0 Å². The quantitative estimate of drug-likeness (QED) is 0.562. The fourth-order valence-corrected chi connectivity index (χ4v) is 3.46. The number of hydrogen-bond donors (Lipinski definition) is 1. The van der Waals surface area contributed by atoms with Gasteiger partial charge in [0.15, 0.2) is 0 Å². The van der Waals surface area contributed by atoms with Crippen molar-refractivity contribution in [3.05, 3.63) is 64.7 Å². The topological polar surface area (TPSA) is 52.7 Å². The standard InChI is InChI=1S/C24H29N3O2/c1-5-13-26(14-6-2)20-11-8-19(9-12-20)16-22-23(28)25-27(24(22)29)21-10-7-17(3)18(4)15-21/h7-12,15-16H,5-6,13-14H2,1-4H3,(H,25,28)/b22-16-. The number of anilines is 2. The summed E-state index contributed by atoms with van der Waals surface area (Å²) in [4.78, 5) is 27.6. The Balaban J connectivity index is 1.81. The second-order valence-electron chi connectivity index (χ2n) is 7.49. The van der Waals surface area contributed by atoms with E-state index in [9.17, 15) is 9.59 Å². The monoisotopic (exact) mass is 391 g/mol. The molecule has 3 rings (SSSR count). The third kappa shape index (κ3) is 4.50. The van der Waals surface area contributed by atoms with E-state index in [-0.39, 0.29) is 17.4 Å². The van der Waals surface area contributed by atoms with Crippen LogP contribution in [0, 0.1) is 13.8 Å². The van der Waals surface area contributed by atoms with Crippen molar-refractivity contribution in [2.24, 2.45) is 0 Å². The van der Waals surface area contributed by atoms with Crippen molar-refractivity contribution < 1.29 is 9.59 Å². The van der Waals surface area contributed by atoms with Crippen LogP contribution in [0.4, 0.5) is 11.4 Å². The molecule has 5 heteroatoms. The maximum Gasteiger partial charge on any atom is 0.282 e. The van der Waals surface area contributed by atoms with E-state index in [1.165, 1.54) is 5.01 Å². The van der Waals surface area contributed by atoms with E-state index in [0.717, 1.165) is 48.3 Å². The summed E-state index contributed by atoms with van der Waals surface area (Å²) in [7, 11) is 0. The second-order valence-corrected chi connectivity index (χ2v) is 7.49. The van der Waals surface area contributed by atoms with Crippen LogP contribution in [0.1, 0.15) is 43.4 Å². The largest absolute Gasteiger partial charge is 0.372 e. The third-order valence-electron chi connectivity index (χ3n) is 5.20. The number of hydrogen-bond acceptors (Lipinski definition) is 3. The molecule has 0 aromatic heterocycles. The van der Waals surface area contributed by atoms with E-state index >= 15 is 0 Å². The minimum Gasteiger partial charge on any atom is -0.372 e. The Morgan fingerprint density at radius 2 is 1.59 bits per heavy atom. The van der Waals surface area contributed by atoms with Crippen LogP contribution in [0.5, 0.6) is 0 Å². The van der Waals surface area contributed by atoms with Gasteiger partial charge in [0.1, 0.15) is 5.57 Å². The number of nitrogens with zero attached hydrogens (tertiary/aromatic N) is 2. The zero-order valence-corrected chi connectivity index (χ0v) is 17.7. The molecule has 1 aliphatic rings. The summed E-state index contributed by atoms with van der Waals surface area (Å²) in [5.74, 6) is -0.711. The fraction of sp³-hybridized carbons (Fsp3) is 0.333. The Kier molecular flexibility index (Phi) is 6.37. The molecule has 152 valence electrons. The van der Waals surface area contributed by atoms with Gasteiger partial charge in [0.2, 0.25) is 0 Å². The molecule has 0 saturated carbocycles. The first-order valence-electron chi connectivity index (χ1n) is 10.2. The number of amides is 2. The fourth-order valence-electron chi connectivity index (χ4n) is 3.46. The molecular weight excluding hydrogens is 362 g/mol. The molecule has 2 aromatic carbocycles. The molecule has 0 unspecified atom stereocenters. The maximum absolute atomic E-state index is 12.8. The number of carbonyl (C=O) groups excluding carboxylic acids is 2. The van der Waals surface area contributed by atoms with Crippen LogP contribution in [-0.2, 0) is 9.59 Å². The van der Waals surface area contributed by atoms with Crippen LogP contribution in [0.25, 0.3) is 6.08 Å². The highest BCUT2D eigenvalue weighted by Crippen LogP contribution is 2.24. The molecule has 0 radical (unpaired) electrons. The van der Waals surface area contributed by atoms with Crippen molar-refractivity contribution in [2.45, 2.75) is 40.5 Å². The lowest BCUT2D eigenvalue weighted by atomic mass is 10.1. The van der Waals surface area contributed by atoms with Crippen LogP contribution in [0.3, 0.4) is 0 Å². The molecule has 1 fully saturated rings. The van der Waals surface area contributed by atoms with Crippen LogP contribution < -0.4 is 15.3 Å². The number of rotatable bonds is 7. The number of nitrogens with one attached hydrogen (secondary N) is 1.